The molecule has 0 saturated carbocycles. The number of hydrogen-bond donors (Lipinski definition) is 0. The predicted octanol–water partition coefficient (Wildman–Crippen LogP) is 4.32. The standard InChI is InChI=1S/C6H8N2.C5H5ClN2.C4H2Cl2N2/c1-5-3-4-7-6(2)8-5;1-4-2-3-7-5(6)8-4;5-3-1-2-7-4(6)8-3/h3-4H,1-2H3;2-3H,1H3;1-2H. The second-order valence-corrected chi connectivity index (χ2v) is 5.42. The Morgan fingerprint density at radius 2 is 1.12 bits per heavy atom. The summed E-state index contributed by atoms with van der Waals surface area (Å²) < 4.78 is 0. The topological polar surface area (TPSA) is 77.3 Å². The highest BCUT2D eigenvalue weighted by molar-refractivity contribution is 6.31. The van der Waals surface area contributed by atoms with Crippen LogP contribution in [0.5, 0.6) is 0 Å². The van der Waals surface area contributed by atoms with E-state index < -0.39 is 0 Å². The first-order valence-corrected chi connectivity index (χ1v) is 7.85. The van der Waals surface area contributed by atoms with E-state index in [0.717, 1.165) is 17.2 Å². The van der Waals surface area contributed by atoms with Gasteiger partial charge in [-0.05, 0) is 62.2 Å². The van der Waals surface area contributed by atoms with E-state index in [1.807, 2.05) is 26.8 Å². The maximum absolute atomic E-state index is 5.42. The summed E-state index contributed by atoms with van der Waals surface area (Å²) in [6, 6.07) is 5.24. The summed E-state index contributed by atoms with van der Waals surface area (Å²) in [7, 11) is 0. The van der Waals surface area contributed by atoms with Crippen molar-refractivity contribution in [1.82, 2.24) is 29.9 Å². The average Bonchev–Trinajstić information content (AvgIpc) is 2.47. The minimum Gasteiger partial charge on any atom is -0.242 e. The number of halogens is 3. The molecule has 0 aliphatic carbocycles. The van der Waals surface area contributed by atoms with Gasteiger partial charge in [-0.25, -0.2) is 29.9 Å². The minimum absolute atomic E-state index is 0.178. The van der Waals surface area contributed by atoms with Crippen LogP contribution in [-0.2, 0) is 0 Å². The van der Waals surface area contributed by atoms with Crippen LogP contribution in [0.3, 0.4) is 0 Å². The van der Waals surface area contributed by atoms with Crippen LogP contribution in [0.25, 0.3) is 0 Å². The van der Waals surface area contributed by atoms with Crippen molar-refractivity contribution >= 4 is 34.8 Å². The highest BCUT2D eigenvalue weighted by Gasteiger charge is 1.88. The van der Waals surface area contributed by atoms with Crippen molar-refractivity contribution in [3.8, 4) is 0 Å². The third kappa shape index (κ3) is 9.29. The first kappa shape index (κ1) is 20.2. The normalized spacial score (nSPS) is 9.25. The Morgan fingerprint density at radius 3 is 1.42 bits per heavy atom. The SMILES string of the molecule is Cc1ccnc(C)n1.Cc1ccnc(Cl)n1.Clc1ccnc(Cl)n1. The Hall–Kier alpha value is -1.89. The van der Waals surface area contributed by atoms with E-state index in [2.05, 4.69) is 29.9 Å². The van der Waals surface area contributed by atoms with Gasteiger partial charge in [-0.3, -0.25) is 0 Å². The third-order valence-corrected chi connectivity index (χ3v) is 2.85. The van der Waals surface area contributed by atoms with Crippen LogP contribution >= 0.6 is 34.8 Å². The van der Waals surface area contributed by atoms with Crippen LogP contribution < -0.4 is 0 Å². The van der Waals surface area contributed by atoms with E-state index >= 15 is 0 Å². The Bertz CT molecular complexity index is 614. The van der Waals surface area contributed by atoms with Gasteiger partial charge in [-0.1, -0.05) is 11.6 Å². The first-order valence-electron chi connectivity index (χ1n) is 6.72. The highest BCUT2D eigenvalue weighted by Crippen LogP contribution is 2.04. The lowest BCUT2D eigenvalue weighted by Gasteiger charge is -1.89. The van der Waals surface area contributed by atoms with Gasteiger partial charge in [0.05, 0.1) is 0 Å². The Morgan fingerprint density at radius 1 is 0.625 bits per heavy atom. The number of rotatable bonds is 0. The Balaban J connectivity index is 0.000000180. The molecule has 3 heterocycles. The zero-order chi connectivity index (χ0) is 17.9. The third-order valence-electron chi connectivity index (χ3n) is 2.27. The quantitative estimate of drug-likeness (QED) is 0.424. The van der Waals surface area contributed by atoms with Crippen LogP contribution in [-0.4, -0.2) is 29.9 Å². The summed E-state index contributed by atoms with van der Waals surface area (Å²) in [5.41, 5.74) is 1.92. The summed E-state index contributed by atoms with van der Waals surface area (Å²) in [5.74, 6) is 0.838. The molecular weight excluding hydrogens is 371 g/mol. The minimum atomic E-state index is 0.178. The second kappa shape index (κ2) is 10.8. The fourth-order valence-corrected chi connectivity index (χ4v) is 1.82. The van der Waals surface area contributed by atoms with E-state index in [-0.39, 0.29) is 5.28 Å². The first-order chi connectivity index (χ1) is 11.4. The molecule has 126 valence electrons. The van der Waals surface area contributed by atoms with Gasteiger partial charge in [-0.2, -0.15) is 0 Å². The molecule has 0 spiro atoms. The number of aryl methyl sites for hydroxylation is 3. The fraction of sp³-hybridized carbons (Fsp3) is 0.200. The highest BCUT2D eigenvalue weighted by atomic mass is 35.5. The van der Waals surface area contributed by atoms with Crippen LogP contribution in [0.15, 0.2) is 36.8 Å². The van der Waals surface area contributed by atoms with E-state index in [1.54, 1.807) is 24.5 Å². The smallest absolute Gasteiger partial charge is 0.223 e. The van der Waals surface area contributed by atoms with Crippen LogP contribution in [0.4, 0.5) is 0 Å². The van der Waals surface area contributed by atoms with E-state index in [4.69, 9.17) is 34.8 Å². The monoisotopic (exact) mass is 384 g/mol. The van der Waals surface area contributed by atoms with E-state index in [0.29, 0.717) is 10.4 Å². The van der Waals surface area contributed by atoms with Crippen molar-refractivity contribution in [3.63, 3.8) is 0 Å². The summed E-state index contributed by atoms with van der Waals surface area (Å²) in [5, 5.41) is 0.854. The van der Waals surface area contributed by atoms with Crippen molar-refractivity contribution in [2.24, 2.45) is 0 Å². The molecule has 0 aromatic carbocycles. The van der Waals surface area contributed by atoms with Crippen molar-refractivity contribution in [1.29, 1.82) is 0 Å². The lowest BCUT2D eigenvalue weighted by molar-refractivity contribution is 1.01. The van der Waals surface area contributed by atoms with Gasteiger partial charge in [0.25, 0.3) is 0 Å². The molecular formula is C15H15Cl3N6. The van der Waals surface area contributed by atoms with Gasteiger partial charge in [0.15, 0.2) is 0 Å². The van der Waals surface area contributed by atoms with Crippen molar-refractivity contribution in [2.75, 3.05) is 0 Å². The molecule has 3 aromatic heterocycles. The Kier molecular flexibility index (Phi) is 9.07. The van der Waals surface area contributed by atoms with Crippen molar-refractivity contribution in [3.05, 3.63) is 69.7 Å². The lowest BCUT2D eigenvalue weighted by atomic mass is 10.4. The van der Waals surface area contributed by atoms with Gasteiger partial charge >= 0.3 is 0 Å². The van der Waals surface area contributed by atoms with E-state index in [9.17, 15) is 0 Å². The largest absolute Gasteiger partial charge is 0.242 e. The summed E-state index contributed by atoms with van der Waals surface area (Å²) in [6.45, 7) is 5.70. The average molecular weight is 386 g/mol. The predicted molar refractivity (Wildman–Crippen MR) is 95.3 cm³/mol. The maximum atomic E-state index is 5.42. The van der Waals surface area contributed by atoms with Gasteiger partial charge < -0.3 is 0 Å². The number of aromatic nitrogens is 6. The Labute approximate surface area is 155 Å². The summed E-state index contributed by atoms with van der Waals surface area (Å²) in [6.07, 6.45) is 4.89. The van der Waals surface area contributed by atoms with E-state index in [1.165, 1.54) is 6.20 Å². The summed E-state index contributed by atoms with van der Waals surface area (Å²) >= 11 is 16.2. The van der Waals surface area contributed by atoms with Gasteiger partial charge in [0, 0.05) is 30.0 Å². The number of hydrogen-bond acceptors (Lipinski definition) is 6. The molecule has 3 rings (SSSR count). The molecule has 0 aliphatic heterocycles. The zero-order valence-electron chi connectivity index (χ0n) is 13.3. The second-order valence-electron chi connectivity index (χ2n) is 4.36. The lowest BCUT2D eigenvalue weighted by Crippen LogP contribution is -1.86. The molecule has 0 N–H and O–H groups in total. The molecule has 0 radical (unpaired) electrons. The molecule has 0 bridgehead atoms. The fourth-order valence-electron chi connectivity index (χ4n) is 1.31. The molecule has 0 aliphatic rings. The van der Waals surface area contributed by atoms with Crippen LogP contribution in [0, 0.1) is 20.8 Å². The molecule has 0 saturated heterocycles. The summed E-state index contributed by atoms with van der Waals surface area (Å²) in [4.78, 5) is 22.7. The molecule has 0 unspecified atom stereocenters. The van der Waals surface area contributed by atoms with Crippen molar-refractivity contribution in [2.45, 2.75) is 20.8 Å². The van der Waals surface area contributed by atoms with Gasteiger partial charge in [0.2, 0.25) is 10.6 Å². The molecule has 9 heteroatoms. The number of nitrogens with zero attached hydrogens (tertiary/aromatic N) is 6. The molecule has 3 aromatic rings. The molecule has 6 nitrogen and oxygen atoms in total. The van der Waals surface area contributed by atoms with Gasteiger partial charge in [-0.15, -0.1) is 0 Å². The molecule has 24 heavy (non-hydrogen) atoms. The van der Waals surface area contributed by atoms with Crippen molar-refractivity contribution < 1.29 is 0 Å². The van der Waals surface area contributed by atoms with Crippen LogP contribution in [0.2, 0.25) is 15.7 Å². The molecule has 0 atom stereocenters. The molecule has 0 amide bonds. The maximum Gasteiger partial charge on any atom is 0.223 e. The molecule has 0 fully saturated rings. The van der Waals surface area contributed by atoms with Gasteiger partial charge in [0.1, 0.15) is 11.0 Å². The van der Waals surface area contributed by atoms with Crippen LogP contribution in [0.1, 0.15) is 17.2 Å². The zero-order valence-corrected chi connectivity index (χ0v) is 15.5.